The van der Waals surface area contributed by atoms with Crippen LogP contribution in [0.3, 0.4) is 0 Å². The second-order valence-corrected chi connectivity index (χ2v) is 7.72. The average Bonchev–Trinajstić information content (AvgIpc) is 3.08. The summed E-state index contributed by atoms with van der Waals surface area (Å²) in [5.74, 6) is -1.42. The van der Waals surface area contributed by atoms with E-state index in [1.165, 1.54) is 7.11 Å². The first-order valence-corrected chi connectivity index (χ1v) is 9.75. The number of amides is 1. The molecule has 0 aliphatic heterocycles. The van der Waals surface area contributed by atoms with Crippen LogP contribution in [0.4, 0.5) is 4.79 Å². The molecule has 1 aliphatic carbocycles. The fourth-order valence-electron chi connectivity index (χ4n) is 4.04. The lowest BCUT2D eigenvalue weighted by Gasteiger charge is -2.33. The maximum atomic E-state index is 12.5. The summed E-state index contributed by atoms with van der Waals surface area (Å²) in [6.07, 6.45) is -0.863. The first-order valence-electron chi connectivity index (χ1n) is 9.75. The van der Waals surface area contributed by atoms with E-state index in [2.05, 4.69) is 15.3 Å². The number of nitrogens with one attached hydrogen (secondary N) is 1. The van der Waals surface area contributed by atoms with Gasteiger partial charge in [-0.05, 0) is 27.8 Å². The highest BCUT2D eigenvalue weighted by molar-refractivity contribution is 5.81. The van der Waals surface area contributed by atoms with Crippen molar-refractivity contribution in [2.24, 2.45) is 10.5 Å². The highest BCUT2D eigenvalue weighted by atomic mass is 16.5. The zero-order chi connectivity index (χ0) is 22.4. The zero-order valence-electron chi connectivity index (χ0n) is 17.3. The molecule has 1 amide bonds. The maximum absolute atomic E-state index is 12.5. The van der Waals surface area contributed by atoms with Crippen LogP contribution in [0.1, 0.15) is 24.0 Å². The number of aliphatic carboxylic acids is 1. The summed E-state index contributed by atoms with van der Waals surface area (Å²) in [6.45, 7) is 1.42. The molecular formula is C22H24N4O5. The van der Waals surface area contributed by atoms with Gasteiger partial charge in [0.2, 0.25) is 0 Å². The van der Waals surface area contributed by atoms with E-state index in [0.717, 1.165) is 22.3 Å². The van der Waals surface area contributed by atoms with Crippen molar-refractivity contribution in [3.05, 3.63) is 70.1 Å². The Bertz CT molecular complexity index is 975. The third-order valence-electron chi connectivity index (χ3n) is 5.52. The molecule has 2 aromatic rings. The lowest BCUT2D eigenvalue weighted by molar-refractivity contribution is -0.143. The van der Waals surface area contributed by atoms with Gasteiger partial charge in [0.25, 0.3) is 0 Å². The number of alkyl carbamates (subject to hydrolysis) is 1. The molecule has 0 radical (unpaired) electrons. The molecule has 0 heterocycles. The number of rotatable bonds is 9. The second kappa shape index (κ2) is 9.51. The lowest BCUT2D eigenvalue weighted by atomic mass is 9.83. The number of methoxy groups -OCH3 is 1. The molecule has 0 aromatic heterocycles. The molecule has 9 heteroatoms. The molecule has 2 aromatic carbocycles. The van der Waals surface area contributed by atoms with Crippen LogP contribution in [0, 0.1) is 5.41 Å². The van der Waals surface area contributed by atoms with Crippen molar-refractivity contribution in [1.82, 2.24) is 5.32 Å². The van der Waals surface area contributed by atoms with Gasteiger partial charge in [-0.25, -0.2) is 9.59 Å². The minimum Gasteiger partial charge on any atom is -0.480 e. The molecule has 0 saturated carbocycles. The molecule has 0 fully saturated rings. The van der Waals surface area contributed by atoms with Crippen LogP contribution >= 0.6 is 0 Å². The Kier molecular flexibility index (Phi) is 6.79. The van der Waals surface area contributed by atoms with E-state index < -0.39 is 23.5 Å². The summed E-state index contributed by atoms with van der Waals surface area (Å²) in [5.41, 5.74) is 11.8. The summed E-state index contributed by atoms with van der Waals surface area (Å²) < 4.78 is 10.5. The van der Waals surface area contributed by atoms with Crippen LogP contribution in [0.2, 0.25) is 0 Å². The molecule has 0 unspecified atom stereocenters. The van der Waals surface area contributed by atoms with Crippen LogP contribution in [0.15, 0.2) is 53.6 Å². The second-order valence-electron chi connectivity index (χ2n) is 7.72. The minimum absolute atomic E-state index is 0.0351. The van der Waals surface area contributed by atoms with Gasteiger partial charge < -0.3 is 19.9 Å². The largest absolute Gasteiger partial charge is 0.480 e. The number of carboxylic acid groups (broad SMARTS) is 1. The van der Waals surface area contributed by atoms with Crippen molar-refractivity contribution in [3.63, 3.8) is 0 Å². The number of nitrogens with zero attached hydrogens (tertiary/aromatic N) is 3. The highest BCUT2D eigenvalue weighted by Gasteiger charge is 2.41. The molecule has 162 valence electrons. The van der Waals surface area contributed by atoms with Crippen molar-refractivity contribution in [3.8, 4) is 11.1 Å². The van der Waals surface area contributed by atoms with Crippen LogP contribution < -0.4 is 5.32 Å². The van der Waals surface area contributed by atoms with Gasteiger partial charge in [-0.15, -0.1) is 0 Å². The van der Waals surface area contributed by atoms with Gasteiger partial charge in [0.1, 0.15) is 12.6 Å². The van der Waals surface area contributed by atoms with Gasteiger partial charge in [-0.2, -0.15) is 0 Å². The Morgan fingerprint density at radius 2 is 1.77 bits per heavy atom. The Labute approximate surface area is 179 Å². The third kappa shape index (κ3) is 4.63. The number of carboxylic acids is 1. The predicted molar refractivity (Wildman–Crippen MR) is 114 cm³/mol. The third-order valence-corrected chi connectivity index (χ3v) is 5.52. The first-order chi connectivity index (χ1) is 14.9. The van der Waals surface area contributed by atoms with Gasteiger partial charge in [0, 0.05) is 29.9 Å². The molecule has 0 spiro atoms. The number of carbonyl (C=O) groups excluding carboxylic acids is 1. The van der Waals surface area contributed by atoms with Crippen molar-refractivity contribution in [1.29, 1.82) is 0 Å². The molecule has 2 N–H and O–H groups in total. The van der Waals surface area contributed by atoms with Gasteiger partial charge in [-0.3, -0.25) is 0 Å². The summed E-state index contributed by atoms with van der Waals surface area (Å²) in [7, 11) is 1.40. The van der Waals surface area contributed by atoms with Crippen molar-refractivity contribution >= 4 is 12.1 Å². The Morgan fingerprint density at radius 3 is 2.29 bits per heavy atom. The van der Waals surface area contributed by atoms with Crippen LogP contribution in [0.5, 0.6) is 0 Å². The summed E-state index contributed by atoms with van der Waals surface area (Å²) >= 11 is 0. The van der Waals surface area contributed by atoms with E-state index in [0.29, 0.717) is 0 Å². The molecule has 9 nitrogen and oxygen atoms in total. The number of hydrogen-bond acceptors (Lipinski definition) is 5. The lowest BCUT2D eigenvalue weighted by Crippen LogP contribution is -2.54. The number of azide groups is 1. The molecule has 31 heavy (non-hydrogen) atoms. The molecular weight excluding hydrogens is 400 g/mol. The van der Waals surface area contributed by atoms with Gasteiger partial charge in [0.15, 0.2) is 0 Å². The van der Waals surface area contributed by atoms with Crippen LogP contribution in [-0.2, 0) is 14.3 Å². The van der Waals surface area contributed by atoms with Crippen molar-refractivity contribution in [2.75, 3.05) is 26.9 Å². The summed E-state index contributed by atoms with van der Waals surface area (Å²) in [6, 6.07) is 14.5. The number of benzene rings is 2. The quantitative estimate of drug-likeness (QED) is 0.357. The standard InChI is InChI=1S/C22H24N4O5/c1-22(13-30-2,12-24-26-23)19(20(27)28)25-21(29)31-11-18-16-9-5-3-7-14(16)15-8-4-6-10-17(15)18/h3-10,18-19H,11-13H2,1-2H3,(H,25,29)(H,27,28)/t19-,22-/m0/s1. The van der Waals surface area contributed by atoms with Crippen LogP contribution in [-0.4, -0.2) is 50.1 Å². The summed E-state index contributed by atoms with van der Waals surface area (Å²) in [4.78, 5) is 27.1. The Hall–Kier alpha value is -3.55. The molecule has 3 rings (SSSR count). The number of fused-ring (bicyclic) bond motifs is 3. The van der Waals surface area contributed by atoms with Gasteiger partial charge in [-0.1, -0.05) is 60.6 Å². The van der Waals surface area contributed by atoms with Crippen LogP contribution in [0.25, 0.3) is 21.6 Å². The predicted octanol–water partition coefficient (Wildman–Crippen LogP) is 3.94. The molecule has 2 atom stereocenters. The monoisotopic (exact) mass is 424 g/mol. The fraction of sp³-hybridized carbons (Fsp3) is 0.364. The van der Waals surface area contributed by atoms with E-state index in [4.69, 9.17) is 15.0 Å². The molecule has 0 bridgehead atoms. The van der Waals surface area contributed by atoms with Crippen molar-refractivity contribution < 1.29 is 24.2 Å². The molecule has 0 saturated heterocycles. The van der Waals surface area contributed by atoms with E-state index >= 15 is 0 Å². The van der Waals surface area contributed by atoms with Gasteiger partial charge >= 0.3 is 12.1 Å². The first kappa shape index (κ1) is 22.1. The Morgan fingerprint density at radius 1 is 1.19 bits per heavy atom. The van der Waals surface area contributed by atoms with E-state index in [-0.39, 0.29) is 25.7 Å². The Balaban J connectivity index is 1.74. The maximum Gasteiger partial charge on any atom is 0.407 e. The normalized spacial score (nSPS) is 15.0. The number of ether oxygens (including phenoxy) is 2. The van der Waals surface area contributed by atoms with E-state index in [9.17, 15) is 14.7 Å². The SMILES string of the molecule is COC[C@](C)(CN=[N+]=[N-])[C@@H](NC(=O)OCC1c2ccccc2-c2ccccc21)C(=O)O. The smallest absolute Gasteiger partial charge is 0.407 e. The van der Waals surface area contributed by atoms with Gasteiger partial charge in [0.05, 0.1) is 6.61 Å². The highest BCUT2D eigenvalue weighted by Crippen LogP contribution is 2.44. The summed E-state index contributed by atoms with van der Waals surface area (Å²) in [5, 5.41) is 15.5. The fourth-order valence-corrected chi connectivity index (χ4v) is 4.04. The average molecular weight is 424 g/mol. The minimum atomic E-state index is -1.37. The molecule has 1 aliphatic rings. The number of hydrogen-bond donors (Lipinski definition) is 2. The van der Waals surface area contributed by atoms with E-state index in [1.807, 2.05) is 48.5 Å². The zero-order valence-corrected chi connectivity index (χ0v) is 17.3. The topological polar surface area (TPSA) is 134 Å². The van der Waals surface area contributed by atoms with Crippen molar-refractivity contribution in [2.45, 2.75) is 18.9 Å². The van der Waals surface area contributed by atoms with E-state index in [1.54, 1.807) is 6.92 Å². The number of carbonyl (C=O) groups is 2.